The molecule has 16 heavy (non-hydrogen) atoms. The van der Waals surface area contributed by atoms with E-state index in [4.69, 9.17) is 10.8 Å². The van der Waals surface area contributed by atoms with E-state index in [1.165, 1.54) is 0 Å². The van der Waals surface area contributed by atoms with Crippen molar-refractivity contribution in [3.63, 3.8) is 0 Å². The first kappa shape index (κ1) is 10.4. The Labute approximate surface area is 91.5 Å². The van der Waals surface area contributed by atoms with E-state index in [0.717, 1.165) is 11.3 Å². The lowest BCUT2D eigenvalue weighted by molar-refractivity contribution is -0.137. The number of rotatable bonds is 4. The van der Waals surface area contributed by atoms with Crippen LogP contribution in [0.5, 0.6) is 0 Å². The predicted octanol–water partition coefficient (Wildman–Crippen LogP) is 0.947. The molecule has 0 spiro atoms. The van der Waals surface area contributed by atoms with Gasteiger partial charge in [-0.05, 0) is 18.6 Å². The number of aromatic nitrogens is 3. The van der Waals surface area contributed by atoms with E-state index >= 15 is 0 Å². The number of aromatic amines is 1. The standard InChI is InChI=1S/C10H12N4O2/c11-7-5-4-6-10(13-7)14-8(12-6)2-1-3-9(15)16/h4-5H,1-3H2,(H,15,16)(H3,11,12,13,14). The van der Waals surface area contributed by atoms with Crippen LogP contribution >= 0.6 is 0 Å². The summed E-state index contributed by atoms with van der Waals surface area (Å²) in [5.41, 5.74) is 6.92. The molecule has 6 heteroatoms. The van der Waals surface area contributed by atoms with Crippen LogP contribution in [-0.4, -0.2) is 26.0 Å². The second kappa shape index (κ2) is 4.18. The van der Waals surface area contributed by atoms with Crippen molar-refractivity contribution in [1.29, 1.82) is 0 Å². The fraction of sp³-hybridized carbons (Fsp3) is 0.300. The molecule has 0 aliphatic rings. The number of anilines is 1. The van der Waals surface area contributed by atoms with Crippen molar-refractivity contribution in [1.82, 2.24) is 15.0 Å². The molecular formula is C10H12N4O2. The van der Waals surface area contributed by atoms with E-state index in [9.17, 15) is 4.79 Å². The monoisotopic (exact) mass is 220 g/mol. The first-order valence-corrected chi connectivity index (χ1v) is 4.98. The zero-order valence-electron chi connectivity index (χ0n) is 8.60. The second-order valence-corrected chi connectivity index (χ2v) is 3.54. The van der Waals surface area contributed by atoms with Gasteiger partial charge in [0.15, 0.2) is 5.65 Å². The number of nitrogen functional groups attached to an aromatic ring is 1. The number of aryl methyl sites for hydroxylation is 1. The van der Waals surface area contributed by atoms with E-state index in [1.54, 1.807) is 6.07 Å². The zero-order valence-corrected chi connectivity index (χ0v) is 8.60. The molecule has 0 atom stereocenters. The Morgan fingerprint density at radius 2 is 2.25 bits per heavy atom. The molecule has 0 aliphatic heterocycles. The van der Waals surface area contributed by atoms with Gasteiger partial charge < -0.3 is 15.8 Å². The van der Waals surface area contributed by atoms with E-state index < -0.39 is 5.97 Å². The minimum Gasteiger partial charge on any atom is -0.481 e. The molecule has 4 N–H and O–H groups in total. The summed E-state index contributed by atoms with van der Waals surface area (Å²) in [6.07, 6.45) is 1.31. The van der Waals surface area contributed by atoms with Gasteiger partial charge in [0.2, 0.25) is 0 Å². The lowest BCUT2D eigenvalue weighted by Crippen LogP contribution is -1.96. The van der Waals surface area contributed by atoms with Gasteiger partial charge in [-0.25, -0.2) is 9.97 Å². The molecule has 2 aromatic rings. The number of hydrogen-bond acceptors (Lipinski definition) is 4. The van der Waals surface area contributed by atoms with Gasteiger partial charge in [0.1, 0.15) is 11.6 Å². The Hall–Kier alpha value is -2.11. The number of nitrogens with one attached hydrogen (secondary N) is 1. The zero-order chi connectivity index (χ0) is 11.5. The average molecular weight is 220 g/mol. The molecule has 0 unspecified atom stereocenters. The number of hydrogen-bond donors (Lipinski definition) is 3. The summed E-state index contributed by atoms with van der Waals surface area (Å²) in [4.78, 5) is 21.7. The molecule has 84 valence electrons. The molecular weight excluding hydrogens is 208 g/mol. The molecule has 0 saturated heterocycles. The Kier molecular flexibility index (Phi) is 2.72. The van der Waals surface area contributed by atoms with Crippen molar-refractivity contribution in [2.45, 2.75) is 19.3 Å². The van der Waals surface area contributed by atoms with Gasteiger partial charge in [0, 0.05) is 12.8 Å². The van der Waals surface area contributed by atoms with Gasteiger partial charge in [0.05, 0.1) is 5.52 Å². The third kappa shape index (κ3) is 2.28. The number of carbonyl (C=O) groups is 1. The number of fused-ring (bicyclic) bond motifs is 1. The van der Waals surface area contributed by atoms with Crippen LogP contribution in [0.1, 0.15) is 18.7 Å². The highest BCUT2D eigenvalue weighted by atomic mass is 16.4. The van der Waals surface area contributed by atoms with Crippen LogP contribution in [0.25, 0.3) is 11.2 Å². The maximum absolute atomic E-state index is 10.3. The topological polar surface area (TPSA) is 105 Å². The average Bonchev–Trinajstić information content (AvgIpc) is 2.58. The minimum absolute atomic E-state index is 0.145. The molecule has 0 bridgehead atoms. The van der Waals surface area contributed by atoms with Gasteiger partial charge in [-0.2, -0.15) is 0 Å². The number of pyridine rings is 1. The van der Waals surface area contributed by atoms with E-state index in [-0.39, 0.29) is 6.42 Å². The Bertz CT molecular complexity index is 521. The summed E-state index contributed by atoms with van der Waals surface area (Å²) in [5.74, 6) is 0.379. The molecule has 0 radical (unpaired) electrons. The lowest BCUT2D eigenvalue weighted by atomic mass is 10.2. The van der Waals surface area contributed by atoms with Gasteiger partial charge in [-0.3, -0.25) is 4.79 Å². The number of nitrogens with two attached hydrogens (primary N) is 1. The minimum atomic E-state index is -0.793. The number of nitrogens with zero attached hydrogens (tertiary/aromatic N) is 2. The number of H-pyrrole nitrogens is 1. The fourth-order valence-electron chi connectivity index (χ4n) is 1.48. The van der Waals surface area contributed by atoms with Crippen LogP contribution in [0.2, 0.25) is 0 Å². The number of carboxylic acids is 1. The summed E-state index contributed by atoms with van der Waals surface area (Å²) >= 11 is 0. The van der Waals surface area contributed by atoms with Crippen LogP contribution < -0.4 is 5.73 Å². The first-order valence-electron chi connectivity index (χ1n) is 4.98. The number of carboxylic acid groups (broad SMARTS) is 1. The van der Waals surface area contributed by atoms with Crippen LogP contribution in [-0.2, 0) is 11.2 Å². The number of aliphatic carboxylic acids is 1. The van der Waals surface area contributed by atoms with Gasteiger partial charge in [-0.15, -0.1) is 0 Å². The van der Waals surface area contributed by atoms with Crippen LogP contribution in [0.15, 0.2) is 12.1 Å². The molecule has 0 aliphatic carbocycles. The van der Waals surface area contributed by atoms with Crippen LogP contribution in [0.3, 0.4) is 0 Å². The van der Waals surface area contributed by atoms with Crippen molar-refractivity contribution in [2.75, 3.05) is 5.73 Å². The molecule has 0 amide bonds. The summed E-state index contributed by atoms with van der Waals surface area (Å²) in [5, 5.41) is 8.51. The summed E-state index contributed by atoms with van der Waals surface area (Å²) in [6.45, 7) is 0. The van der Waals surface area contributed by atoms with Crippen molar-refractivity contribution >= 4 is 23.0 Å². The second-order valence-electron chi connectivity index (χ2n) is 3.54. The normalized spacial score (nSPS) is 10.8. The smallest absolute Gasteiger partial charge is 0.303 e. The Morgan fingerprint density at radius 1 is 1.44 bits per heavy atom. The highest BCUT2D eigenvalue weighted by Gasteiger charge is 2.05. The van der Waals surface area contributed by atoms with Crippen molar-refractivity contribution in [2.24, 2.45) is 0 Å². The highest BCUT2D eigenvalue weighted by molar-refractivity contribution is 5.72. The lowest BCUT2D eigenvalue weighted by Gasteiger charge is -1.92. The van der Waals surface area contributed by atoms with Gasteiger partial charge in [0.25, 0.3) is 0 Å². The Balaban J connectivity index is 2.10. The van der Waals surface area contributed by atoms with Crippen LogP contribution in [0, 0.1) is 0 Å². The molecule has 0 saturated carbocycles. The third-order valence-corrected chi connectivity index (χ3v) is 2.22. The molecule has 2 aromatic heterocycles. The van der Waals surface area contributed by atoms with Crippen molar-refractivity contribution in [3.05, 3.63) is 18.0 Å². The molecule has 0 aromatic carbocycles. The highest BCUT2D eigenvalue weighted by Crippen LogP contribution is 2.12. The van der Waals surface area contributed by atoms with Crippen molar-refractivity contribution < 1.29 is 9.90 Å². The van der Waals surface area contributed by atoms with Gasteiger partial charge >= 0.3 is 5.97 Å². The van der Waals surface area contributed by atoms with Crippen molar-refractivity contribution in [3.8, 4) is 0 Å². The third-order valence-electron chi connectivity index (χ3n) is 2.22. The maximum atomic E-state index is 10.3. The molecule has 2 heterocycles. The quantitative estimate of drug-likeness (QED) is 0.711. The molecule has 0 fully saturated rings. The first-order chi connectivity index (χ1) is 7.65. The van der Waals surface area contributed by atoms with Gasteiger partial charge in [-0.1, -0.05) is 0 Å². The molecule has 2 rings (SSSR count). The van der Waals surface area contributed by atoms with E-state index in [1.807, 2.05) is 6.07 Å². The predicted molar refractivity (Wildman–Crippen MR) is 58.9 cm³/mol. The summed E-state index contributed by atoms with van der Waals surface area (Å²) < 4.78 is 0. The molecule has 6 nitrogen and oxygen atoms in total. The van der Waals surface area contributed by atoms with E-state index in [2.05, 4.69) is 15.0 Å². The maximum Gasteiger partial charge on any atom is 0.303 e. The Morgan fingerprint density at radius 3 is 3.00 bits per heavy atom. The SMILES string of the molecule is Nc1ccc2[nH]c(CCCC(=O)O)nc2n1. The largest absolute Gasteiger partial charge is 0.481 e. The van der Waals surface area contributed by atoms with E-state index in [0.29, 0.717) is 24.3 Å². The summed E-state index contributed by atoms with van der Waals surface area (Å²) in [6, 6.07) is 3.51. The van der Waals surface area contributed by atoms with Crippen LogP contribution in [0.4, 0.5) is 5.82 Å². The fourth-order valence-corrected chi connectivity index (χ4v) is 1.48. The number of imidazole rings is 1. The summed E-state index contributed by atoms with van der Waals surface area (Å²) in [7, 11) is 0.